The number of hydrogen-bond donors (Lipinski definition) is 1. The van der Waals surface area contributed by atoms with Crippen LogP contribution < -0.4 is 5.32 Å². The maximum Gasteiger partial charge on any atom is 0.270 e. The lowest BCUT2D eigenvalue weighted by Gasteiger charge is -2.10. The maximum atomic E-state index is 10.7. The van der Waals surface area contributed by atoms with Gasteiger partial charge in [0.05, 0.1) is 10.4 Å². The van der Waals surface area contributed by atoms with Gasteiger partial charge in [0.1, 0.15) is 5.82 Å². The highest BCUT2D eigenvalue weighted by Crippen LogP contribution is 2.21. The minimum Gasteiger partial charge on any atom is -0.370 e. The Labute approximate surface area is 121 Å². The first-order chi connectivity index (χ1) is 9.60. The molecule has 0 bridgehead atoms. The predicted octanol–water partition coefficient (Wildman–Crippen LogP) is 3.70. The average molecular weight is 291 g/mol. The highest BCUT2D eigenvalue weighted by molar-refractivity contribution is 7.99. The first-order valence-corrected chi connectivity index (χ1v) is 7.71. The fourth-order valence-corrected chi connectivity index (χ4v) is 2.20. The molecule has 0 aliphatic heterocycles. The number of nitrogens with one attached hydrogen (secondary N) is 1. The monoisotopic (exact) mass is 291 g/mol. The molecule has 1 unspecified atom stereocenters. The van der Waals surface area contributed by atoms with E-state index in [9.17, 15) is 10.1 Å². The Hall–Kier alpha value is -1.82. The molecule has 0 saturated heterocycles. The van der Waals surface area contributed by atoms with Gasteiger partial charge < -0.3 is 5.32 Å². The SMILES string of the molecule is CSC(C)CCNc1ccc2cc([N+](=O)[O-])ccc2n1. The molecule has 1 N–H and O–H groups in total. The Kier molecular flexibility index (Phi) is 4.79. The molecule has 1 heterocycles. The lowest BCUT2D eigenvalue weighted by Crippen LogP contribution is -2.08. The summed E-state index contributed by atoms with van der Waals surface area (Å²) in [5, 5.41) is 15.4. The molecule has 1 aromatic carbocycles. The van der Waals surface area contributed by atoms with E-state index in [-0.39, 0.29) is 5.69 Å². The van der Waals surface area contributed by atoms with Crippen LogP contribution in [0.15, 0.2) is 30.3 Å². The first kappa shape index (κ1) is 14.6. The molecular formula is C14H17N3O2S. The highest BCUT2D eigenvalue weighted by atomic mass is 32.2. The molecule has 0 amide bonds. The number of fused-ring (bicyclic) bond motifs is 1. The van der Waals surface area contributed by atoms with Gasteiger partial charge in [-0.3, -0.25) is 10.1 Å². The van der Waals surface area contributed by atoms with Crippen LogP contribution in [0.25, 0.3) is 10.9 Å². The summed E-state index contributed by atoms with van der Waals surface area (Å²) < 4.78 is 0. The van der Waals surface area contributed by atoms with Gasteiger partial charge in [-0.25, -0.2) is 4.98 Å². The standard InChI is InChI=1S/C14H17N3O2S/c1-10(20-2)7-8-15-14-6-3-11-9-12(17(18)19)4-5-13(11)16-14/h3-6,9-10H,7-8H2,1-2H3,(H,15,16). The second kappa shape index (κ2) is 6.56. The van der Waals surface area contributed by atoms with E-state index in [0.29, 0.717) is 5.25 Å². The zero-order chi connectivity index (χ0) is 14.5. The second-order valence-electron chi connectivity index (χ2n) is 4.59. The molecule has 0 fully saturated rings. The normalized spacial score (nSPS) is 12.3. The number of rotatable bonds is 6. The van der Waals surface area contributed by atoms with Crippen molar-refractivity contribution >= 4 is 34.2 Å². The van der Waals surface area contributed by atoms with Crippen LogP contribution in [0.2, 0.25) is 0 Å². The molecule has 2 rings (SSSR count). The van der Waals surface area contributed by atoms with Crippen LogP contribution in [0.3, 0.4) is 0 Å². The van der Waals surface area contributed by atoms with E-state index in [0.717, 1.165) is 29.7 Å². The Morgan fingerprint density at radius 1 is 1.40 bits per heavy atom. The summed E-state index contributed by atoms with van der Waals surface area (Å²) in [6, 6.07) is 8.42. The van der Waals surface area contributed by atoms with Crippen LogP contribution in [0, 0.1) is 10.1 Å². The van der Waals surface area contributed by atoms with E-state index >= 15 is 0 Å². The summed E-state index contributed by atoms with van der Waals surface area (Å²) >= 11 is 1.84. The number of pyridine rings is 1. The molecule has 1 aromatic heterocycles. The Bertz CT molecular complexity index is 618. The zero-order valence-corrected chi connectivity index (χ0v) is 12.3. The van der Waals surface area contributed by atoms with Crippen LogP contribution in [0.5, 0.6) is 0 Å². The van der Waals surface area contributed by atoms with Crippen molar-refractivity contribution in [1.82, 2.24) is 4.98 Å². The Morgan fingerprint density at radius 2 is 2.20 bits per heavy atom. The summed E-state index contributed by atoms with van der Waals surface area (Å²) in [5.74, 6) is 0.805. The molecule has 20 heavy (non-hydrogen) atoms. The van der Waals surface area contributed by atoms with Crippen LogP contribution >= 0.6 is 11.8 Å². The summed E-state index contributed by atoms with van der Waals surface area (Å²) in [4.78, 5) is 14.8. The molecule has 0 aliphatic rings. The number of non-ortho nitro benzene ring substituents is 1. The molecule has 0 spiro atoms. The lowest BCUT2D eigenvalue weighted by atomic mass is 10.2. The van der Waals surface area contributed by atoms with Crippen LogP contribution in [0.1, 0.15) is 13.3 Å². The van der Waals surface area contributed by atoms with Crippen LogP contribution in [-0.4, -0.2) is 28.0 Å². The number of nitro benzene ring substituents is 1. The summed E-state index contributed by atoms with van der Waals surface area (Å²) in [6.07, 6.45) is 3.17. The minimum atomic E-state index is -0.393. The molecule has 0 aliphatic carbocycles. The van der Waals surface area contributed by atoms with Gasteiger partial charge in [0.15, 0.2) is 0 Å². The highest BCUT2D eigenvalue weighted by Gasteiger charge is 2.07. The van der Waals surface area contributed by atoms with Crippen LogP contribution in [-0.2, 0) is 0 Å². The van der Waals surface area contributed by atoms with Crippen molar-refractivity contribution in [3.05, 3.63) is 40.4 Å². The van der Waals surface area contributed by atoms with Crippen LogP contribution in [0.4, 0.5) is 11.5 Å². The van der Waals surface area contributed by atoms with Gasteiger partial charge in [-0.1, -0.05) is 6.92 Å². The number of nitro groups is 1. The van der Waals surface area contributed by atoms with E-state index in [2.05, 4.69) is 23.5 Å². The Balaban J connectivity index is 2.10. The Morgan fingerprint density at radius 3 is 2.90 bits per heavy atom. The van der Waals surface area contributed by atoms with E-state index in [1.54, 1.807) is 12.1 Å². The third-order valence-electron chi connectivity index (χ3n) is 3.14. The van der Waals surface area contributed by atoms with Gasteiger partial charge in [-0.05, 0) is 30.9 Å². The van der Waals surface area contributed by atoms with Crippen molar-refractivity contribution < 1.29 is 4.92 Å². The van der Waals surface area contributed by atoms with Gasteiger partial charge >= 0.3 is 0 Å². The molecule has 0 saturated carbocycles. The third kappa shape index (κ3) is 3.60. The molecule has 5 nitrogen and oxygen atoms in total. The van der Waals surface area contributed by atoms with E-state index in [1.165, 1.54) is 6.07 Å². The van der Waals surface area contributed by atoms with Crippen molar-refractivity contribution in [3.63, 3.8) is 0 Å². The fraction of sp³-hybridized carbons (Fsp3) is 0.357. The third-order valence-corrected chi connectivity index (χ3v) is 4.18. The van der Waals surface area contributed by atoms with Gasteiger partial charge in [-0.2, -0.15) is 11.8 Å². The number of nitrogens with zero attached hydrogens (tertiary/aromatic N) is 2. The first-order valence-electron chi connectivity index (χ1n) is 6.42. The van der Waals surface area contributed by atoms with Gasteiger partial charge in [-0.15, -0.1) is 0 Å². The van der Waals surface area contributed by atoms with Gasteiger partial charge in [0.2, 0.25) is 0 Å². The van der Waals surface area contributed by atoms with Crippen molar-refractivity contribution in [3.8, 4) is 0 Å². The molecule has 2 aromatic rings. The summed E-state index contributed by atoms with van der Waals surface area (Å²) in [7, 11) is 0. The average Bonchev–Trinajstić information content (AvgIpc) is 2.46. The number of thioether (sulfide) groups is 1. The van der Waals surface area contributed by atoms with Crippen molar-refractivity contribution in [2.24, 2.45) is 0 Å². The van der Waals surface area contributed by atoms with E-state index < -0.39 is 4.92 Å². The van der Waals surface area contributed by atoms with Crippen molar-refractivity contribution in [1.29, 1.82) is 0 Å². The minimum absolute atomic E-state index is 0.0915. The molecular weight excluding hydrogens is 274 g/mol. The van der Waals surface area contributed by atoms with Gasteiger partial charge in [0.25, 0.3) is 5.69 Å². The number of aromatic nitrogens is 1. The number of benzene rings is 1. The number of hydrogen-bond acceptors (Lipinski definition) is 5. The molecule has 1 atom stereocenters. The molecule has 0 radical (unpaired) electrons. The van der Waals surface area contributed by atoms with E-state index in [1.807, 2.05) is 23.9 Å². The number of anilines is 1. The fourth-order valence-electron chi connectivity index (χ4n) is 1.85. The topological polar surface area (TPSA) is 68.1 Å². The van der Waals surface area contributed by atoms with Gasteiger partial charge in [0, 0.05) is 29.3 Å². The smallest absolute Gasteiger partial charge is 0.270 e. The van der Waals surface area contributed by atoms with Crippen molar-refractivity contribution in [2.75, 3.05) is 18.1 Å². The second-order valence-corrected chi connectivity index (χ2v) is 5.87. The maximum absolute atomic E-state index is 10.7. The lowest BCUT2D eigenvalue weighted by molar-refractivity contribution is -0.384. The molecule has 106 valence electrons. The predicted molar refractivity (Wildman–Crippen MR) is 84.5 cm³/mol. The summed E-state index contributed by atoms with van der Waals surface area (Å²) in [6.45, 7) is 3.06. The zero-order valence-electron chi connectivity index (χ0n) is 11.5. The van der Waals surface area contributed by atoms with E-state index in [4.69, 9.17) is 0 Å². The summed E-state index contributed by atoms with van der Waals surface area (Å²) in [5.41, 5.74) is 0.854. The van der Waals surface area contributed by atoms with Crippen molar-refractivity contribution in [2.45, 2.75) is 18.6 Å². The quantitative estimate of drug-likeness (QED) is 0.649. The molecule has 6 heteroatoms. The largest absolute Gasteiger partial charge is 0.370 e.